The Bertz CT molecular complexity index is 379. The zero-order valence-corrected chi connectivity index (χ0v) is 14.9. The van der Waals surface area contributed by atoms with Crippen LogP contribution in [-0.2, 0) is 9.53 Å². The van der Waals surface area contributed by atoms with E-state index in [0.717, 1.165) is 26.2 Å². The van der Waals surface area contributed by atoms with Gasteiger partial charge in [0.2, 0.25) is 5.91 Å². The number of hydrogen-bond acceptors (Lipinski definition) is 4. The number of urea groups is 1. The van der Waals surface area contributed by atoms with Gasteiger partial charge in [0.05, 0.1) is 19.1 Å². The van der Waals surface area contributed by atoms with Gasteiger partial charge < -0.3 is 24.8 Å². The largest absolute Gasteiger partial charge is 0.375 e. The lowest BCUT2D eigenvalue weighted by Gasteiger charge is -2.37. The first-order chi connectivity index (χ1) is 10.7. The van der Waals surface area contributed by atoms with Gasteiger partial charge in [-0.2, -0.15) is 0 Å². The van der Waals surface area contributed by atoms with E-state index in [4.69, 9.17) is 4.74 Å². The number of nitrogens with one attached hydrogen (secondary N) is 1. The van der Waals surface area contributed by atoms with Gasteiger partial charge in [-0.3, -0.25) is 4.79 Å². The molecule has 0 aromatic heterocycles. The second-order valence-corrected chi connectivity index (χ2v) is 5.72. The molecule has 0 radical (unpaired) electrons. The Morgan fingerprint density at radius 3 is 2.26 bits per heavy atom. The second-order valence-electron chi connectivity index (χ2n) is 5.72. The van der Waals surface area contributed by atoms with Crippen LogP contribution in [0.25, 0.3) is 0 Å². The van der Waals surface area contributed by atoms with E-state index in [-0.39, 0.29) is 30.4 Å². The minimum atomic E-state index is -0.0171. The molecule has 0 aromatic carbocycles. The van der Waals surface area contributed by atoms with Crippen molar-refractivity contribution < 1.29 is 14.3 Å². The molecule has 2 heterocycles. The molecule has 2 aliphatic heterocycles. The summed E-state index contributed by atoms with van der Waals surface area (Å²) >= 11 is 0. The lowest BCUT2D eigenvalue weighted by atomic mass is 10.2. The molecule has 0 aromatic rings. The number of amides is 3. The summed E-state index contributed by atoms with van der Waals surface area (Å²) < 4.78 is 5.58. The highest BCUT2D eigenvalue weighted by Gasteiger charge is 2.27. The fourth-order valence-corrected chi connectivity index (χ4v) is 2.92. The Labute approximate surface area is 144 Å². The van der Waals surface area contributed by atoms with Crippen LogP contribution in [0.3, 0.4) is 0 Å². The van der Waals surface area contributed by atoms with Gasteiger partial charge in [0, 0.05) is 52.4 Å². The fourth-order valence-electron chi connectivity index (χ4n) is 2.92. The molecule has 1 atom stereocenters. The van der Waals surface area contributed by atoms with Crippen molar-refractivity contribution in [2.75, 3.05) is 59.0 Å². The molecule has 7 nitrogen and oxygen atoms in total. The van der Waals surface area contributed by atoms with Gasteiger partial charge in [0.25, 0.3) is 0 Å². The van der Waals surface area contributed by atoms with Gasteiger partial charge in [-0.25, -0.2) is 4.79 Å². The van der Waals surface area contributed by atoms with Crippen LogP contribution in [0.2, 0.25) is 0 Å². The zero-order valence-electron chi connectivity index (χ0n) is 14.1. The third-order valence-corrected chi connectivity index (χ3v) is 4.34. The van der Waals surface area contributed by atoms with Crippen molar-refractivity contribution in [1.82, 2.24) is 20.0 Å². The van der Waals surface area contributed by atoms with Crippen molar-refractivity contribution in [1.29, 1.82) is 0 Å². The Morgan fingerprint density at radius 1 is 1.13 bits per heavy atom. The number of rotatable bonds is 4. The summed E-state index contributed by atoms with van der Waals surface area (Å²) in [4.78, 5) is 30.1. The molecule has 8 heteroatoms. The third kappa shape index (κ3) is 5.51. The van der Waals surface area contributed by atoms with Gasteiger partial charge in [0.15, 0.2) is 0 Å². The lowest BCUT2D eigenvalue weighted by molar-refractivity contribution is -0.136. The van der Waals surface area contributed by atoms with E-state index in [2.05, 4.69) is 5.32 Å². The zero-order chi connectivity index (χ0) is 15.9. The number of morpholine rings is 1. The van der Waals surface area contributed by atoms with Crippen LogP contribution >= 0.6 is 12.4 Å². The first kappa shape index (κ1) is 20.0. The van der Waals surface area contributed by atoms with E-state index in [9.17, 15) is 9.59 Å². The van der Waals surface area contributed by atoms with Crippen molar-refractivity contribution in [2.24, 2.45) is 0 Å². The summed E-state index contributed by atoms with van der Waals surface area (Å²) in [5.41, 5.74) is 0. The average Bonchev–Trinajstić information content (AvgIpc) is 2.57. The summed E-state index contributed by atoms with van der Waals surface area (Å²) in [5.74, 6) is 0.128. The first-order valence-corrected chi connectivity index (χ1v) is 8.29. The van der Waals surface area contributed by atoms with Gasteiger partial charge in [-0.1, -0.05) is 0 Å². The van der Waals surface area contributed by atoms with E-state index in [0.29, 0.717) is 39.2 Å². The maximum Gasteiger partial charge on any atom is 0.320 e. The van der Waals surface area contributed by atoms with Gasteiger partial charge in [-0.15, -0.1) is 12.4 Å². The molecule has 0 spiro atoms. The Hall–Kier alpha value is -1.05. The summed E-state index contributed by atoms with van der Waals surface area (Å²) in [7, 11) is 0. The summed E-state index contributed by atoms with van der Waals surface area (Å²) in [6, 6.07) is 0.0805. The summed E-state index contributed by atoms with van der Waals surface area (Å²) in [6.07, 6.45) is 0.411. The van der Waals surface area contributed by atoms with Gasteiger partial charge in [-0.05, 0) is 13.8 Å². The van der Waals surface area contributed by atoms with Crippen molar-refractivity contribution >= 4 is 24.3 Å². The molecule has 0 saturated carbocycles. The lowest BCUT2D eigenvalue weighted by Crippen LogP contribution is -2.54. The predicted octanol–water partition coefficient (Wildman–Crippen LogP) is 0.393. The van der Waals surface area contributed by atoms with E-state index in [1.54, 1.807) is 0 Å². The topological polar surface area (TPSA) is 65.1 Å². The number of carbonyl (C=O) groups is 2. The molecule has 1 unspecified atom stereocenters. The molecule has 3 amide bonds. The van der Waals surface area contributed by atoms with E-state index in [1.165, 1.54) is 0 Å². The number of halogens is 1. The Morgan fingerprint density at radius 2 is 1.74 bits per heavy atom. The summed E-state index contributed by atoms with van der Waals surface area (Å²) in [5, 5.41) is 3.24. The van der Waals surface area contributed by atoms with Crippen LogP contribution < -0.4 is 5.32 Å². The number of carbonyl (C=O) groups excluding carboxylic acids is 2. The highest BCUT2D eigenvalue weighted by molar-refractivity contribution is 5.85. The van der Waals surface area contributed by atoms with E-state index >= 15 is 0 Å². The van der Waals surface area contributed by atoms with Gasteiger partial charge in [0.1, 0.15) is 0 Å². The monoisotopic (exact) mass is 348 g/mol. The quantitative estimate of drug-likeness (QED) is 0.798. The van der Waals surface area contributed by atoms with Crippen LogP contribution in [0.15, 0.2) is 0 Å². The predicted molar refractivity (Wildman–Crippen MR) is 90.9 cm³/mol. The standard InChI is InChI=1S/C15H28N4O3.ClH/c1-3-17(4-2)15(21)19-8-6-18(7-9-19)14(20)11-13-12-16-5-10-22-13;/h13,16H,3-12H2,1-2H3;1H. The molecule has 23 heavy (non-hydrogen) atoms. The van der Waals surface area contributed by atoms with Crippen molar-refractivity contribution in [3.05, 3.63) is 0 Å². The van der Waals surface area contributed by atoms with Crippen molar-refractivity contribution in [3.8, 4) is 0 Å². The minimum absolute atomic E-state index is 0. The SMILES string of the molecule is CCN(CC)C(=O)N1CCN(C(=O)CC2CNCCO2)CC1.Cl. The molecule has 1 N–H and O–H groups in total. The van der Waals surface area contributed by atoms with Crippen LogP contribution in [0, 0.1) is 0 Å². The molecule has 2 rings (SSSR count). The smallest absolute Gasteiger partial charge is 0.320 e. The number of nitrogens with zero attached hydrogens (tertiary/aromatic N) is 3. The number of hydrogen-bond donors (Lipinski definition) is 1. The maximum absolute atomic E-state index is 12.3. The van der Waals surface area contributed by atoms with E-state index in [1.807, 2.05) is 28.5 Å². The molecule has 0 bridgehead atoms. The van der Waals surface area contributed by atoms with Crippen molar-refractivity contribution in [3.63, 3.8) is 0 Å². The fraction of sp³-hybridized carbons (Fsp3) is 0.867. The third-order valence-electron chi connectivity index (χ3n) is 4.34. The number of ether oxygens (including phenoxy) is 1. The second kappa shape index (κ2) is 9.95. The van der Waals surface area contributed by atoms with Crippen LogP contribution in [0.5, 0.6) is 0 Å². The van der Waals surface area contributed by atoms with Crippen molar-refractivity contribution in [2.45, 2.75) is 26.4 Å². The normalized spacial score (nSPS) is 21.6. The Balaban J connectivity index is 0.00000264. The molecule has 0 aliphatic carbocycles. The summed E-state index contributed by atoms with van der Waals surface area (Å²) in [6.45, 7) is 10.2. The highest BCUT2D eigenvalue weighted by Crippen LogP contribution is 2.10. The van der Waals surface area contributed by atoms with Crippen LogP contribution in [0.4, 0.5) is 4.79 Å². The minimum Gasteiger partial charge on any atom is -0.375 e. The molecule has 2 saturated heterocycles. The van der Waals surface area contributed by atoms with Crippen LogP contribution in [0.1, 0.15) is 20.3 Å². The first-order valence-electron chi connectivity index (χ1n) is 8.29. The van der Waals surface area contributed by atoms with Gasteiger partial charge >= 0.3 is 6.03 Å². The molecule has 2 fully saturated rings. The number of piperazine rings is 1. The molecular weight excluding hydrogens is 320 g/mol. The maximum atomic E-state index is 12.3. The molecular formula is C15H29ClN4O3. The van der Waals surface area contributed by atoms with Crippen LogP contribution in [-0.4, -0.2) is 91.7 Å². The Kier molecular flexibility index (Phi) is 8.65. The molecule has 134 valence electrons. The average molecular weight is 349 g/mol. The molecule has 2 aliphatic rings. The highest BCUT2D eigenvalue weighted by atomic mass is 35.5. The van der Waals surface area contributed by atoms with E-state index < -0.39 is 0 Å².